The number of rotatable bonds is 9. The lowest BCUT2D eigenvalue weighted by molar-refractivity contribution is -0.385. The second-order valence-electron chi connectivity index (χ2n) is 5.61. The second-order valence-corrected chi connectivity index (χ2v) is 7.37. The molecule has 0 saturated heterocycles. The lowest BCUT2D eigenvalue weighted by Crippen LogP contribution is -2.33. The Balaban J connectivity index is 3.00. The summed E-state index contributed by atoms with van der Waals surface area (Å²) < 4.78 is 31.6. The van der Waals surface area contributed by atoms with Crippen molar-refractivity contribution in [3.05, 3.63) is 28.3 Å². The van der Waals surface area contributed by atoms with E-state index >= 15 is 0 Å². The molecule has 1 rings (SSSR count). The standard InChI is InChI=1S/C14H20N2O7S/c1-9(2)6-10(14(17)18)8-15-24(21,22)11-4-5-12(16(19)20)13(7-11)23-3/h4-5,7,9-10,15H,6,8H2,1-3H3,(H,17,18). The van der Waals surface area contributed by atoms with Crippen LogP contribution in [0.25, 0.3) is 0 Å². The fraction of sp³-hybridized carbons (Fsp3) is 0.500. The van der Waals surface area contributed by atoms with Gasteiger partial charge in [-0.15, -0.1) is 0 Å². The van der Waals surface area contributed by atoms with Crippen molar-refractivity contribution in [1.82, 2.24) is 4.72 Å². The molecule has 0 aliphatic rings. The van der Waals surface area contributed by atoms with Crippen LogP contribution in [0.3, 0.4) is 0 Å². The van der Waals surface area contributed by atoms with E-state index in [1.54, 1.807) is 0 Å². The van der Waals surface area contributed by atoms with Gasteiger partial charge in [0.2, 0.25) is 10.0 Å². The van der Waals surface area contributed by atoms with Crippen LogP contribution in [0.1, 0.15) is 20.3 Å². The van der Waals surface area contributed by atoms with Crippen LogP contribution >= 0.6 is 0 Å². The van der Waals surface area contributed by atoms with Gasteiger partial charge in [-0.05, 0) is 18.4 Å². The maximum absolute atomic E-state index is 12.3. The molecule has 0 amide bonds. The van der Waals surface area contributed by atoms with Crippen molar-refractivity contribution in [2.24, 2.45) is 11.8 Å². The first-order chi connectivity index (χ1) is 11.1. The molecule has 0 radical (unpaired) electrons. The van der Waals surface area contributed by atoms with E-state index in [1.165, 1.54) is 7.11 Å². The number of carbonyl (C=O) groups is 1. The van der Waals surface area contributed by atoms with E-state index in [1.807, 2.05) is 13.8 Å². The Kier molecular flexibility index (Phi) is 6.67. The van der Waals surface area contributed by atoms with Crippen LogP contribution in [0, 0.1) is 22.0 Å². The molecule has 0 aliphatic heterocycles. The molecule has 0 fully saturated rings. The van der Waals surface area contributed by atoms with Crippen molar-refractivity contribution < 1.29 is 28.0 Å². The molecule has 0 bridgehead atoms. The number of nitrogens with zero attached hydrogens (tertiary/aromatic N) is 1. The van der Waals surface area contributed by atoms with Crippen molar-refractivity contribution in [2.75, 3.05) is 13.7 Å². The van der Waals surface area contributed by atoms with Crippen molar-refractivity contribution in [3.63, 3.8) is 0 Å². The zero-order chi connectivity index (χ0) is 18.5. The van der Waals surface area contributed by atoms with Crippen molar-refractivity contribution >= 4 is 21.7 Å². The number of aliphatic carboxylic acids is 1. The summed E-state index contributed by atoms with van der Waals surface area (Å²) in [5.41, 5.74) is -0.361. The number of sulfonamides is 1. The third-order valence-electron chi connectivity index (χ3n) is 3.28. The van der Waals surface area contributed by atoms with Gasteiger partial charge < -0.3 is 9.84 Å². The summed E-state index contributed by atoms with van der Waals surface area (Å²) in [5.74, 6) is -2.05. The number of carboxylic acids is 1. The van der Waals surface area contributed by atoms with Crippen LogP contribution in [-0.2, 0) is 14.8 Å². The van der Waals surface area contributed by atoms with E-state index in [-0.39, 0.29) is 28.8 Å². The van der Waals surface area contributed by atoms with Crippen molar-refractivity contribution in [3.8, 4) is 5.75 Å². The average Bonchev–Trinajstić information content (AvgIpc) is 2.49. The number of nitro benzene ring substituents is 1. The summed E-state index contributed by atoms with van der Waals surface area (Å²) in [7, 11) is -2.83. The normalized spacial score (nSPS) is 12.8. The molecular formula is C14H20N2O7S. The Morgan fingerprint density at radius 1 is 1.42 bits per heavy atom. The Morgan fingerprint density at radius 2 is 2.04 bits per heavy atom. The third-order valence-corrected chi connectivity index (χ3v) is 4.70. The Hall–Kier alpha value is -2.20. The first kappa shape index (κ1) is 19.8. The number of hydrogen-bond acceptors (Lipinski definition) is 6. The predicted octanol–water partition coefficient (Wildman–Crippen LogP) is 1.63. The van der Waals surface area contributed by atoms with Gasteiger partial charge in [-0.1, -0.05) is 13.8 Å². The van der Waals surface area contributed by atoms with Crippen LogP contribution in [0.4, 0.5) is 5.69 Å². The highest BCUT2D eigenvalue weighted by Gasteiger charge is 2.24. The molecule has 134 valence electrons. The molecule has 0 aliphatic carbocycles. The van der Waals surface area contributed by atoms with Gasteiger partial charge in [0.05, 0.1) is 22.8 Å². The van der Waals surface area contributed by atoms with Gasteiger partial charge in [-0.2, -0.15) is 0 Å². The fourth-order valence-corrected chi connectivity index (χ4v) is 3.21. The molecule has 0 spiro atoms. The van der Waals surface area contributed by atoms with Gasteiger partial charge in [0, 0.05) is 18.7 Å². The molecule has 0 aromatic heterocycles. The number of nitrogens with one attached hydrogen (secondary N) is 1. The van der Waals surface area contributed by atoms with Gasteiger partial charge >= 0.3 is 11.7 Å². The molecule has 1 aromatic rings. The maximum Gasteiger partial charge on any atom is 0.310 e. The molecule has 1 atom stereocenters. The van der Waals surface area contributed by atoms with E-state index in [0.29, 0.717) is 6.42 Å². The number of nitro groups is 1. The molecule has 10 heteroatoms. The van der Waals surface area contributed by atoms with Crippen molar-refractivity contribution in [2.45, 2.75) is 25.2 Å². The Labute approximate surface area is 139 Å². The lowest BCUT2D eigenvalue weighted by Gasteiger charge is -2.15. The summed E-state index contributed by atoms with van der Waals surface area (Å²) in [6.45, 7) is 3.41. The molecule has 2 N–H and O–H groups in total. The quantitative estimate of drug-likeness (QED) is 0.504. The zero-order valence-electron chi connectivity index (χ0n) is 13.6. The molecule has 1 aromatic carbocycles. The summed E-state index contributed by atoms with van der Waals surface area (Å²) in [5, 5.41) is 20.0. The maximum atomic E-state index is 12.3. The van der Waals surface area contributed by atoms with Gasteiger partial charge in [0.1, 0.15) is 0 Å². The summed E-state index contributed by atoms with van der Waals surface area (Å²) >= 11 is 0. The highest BCUT2D eigenvalue weighted by molar-refractivity contribution is 7.89. The van der Waals surface area contributed by atoms with Gasteiger partial charge in [0.25, 0.3) is 0 Å². The fourth-order valence-electron chi connectivity index (χ4n) is 2.11. The van der Waals surface area contributed by atoms with Gasteiger partial charge in [-0.25, -0.2) is 13.1 Å². The minimum absolute atomic E-state index is 0.0927. The van der Waals surface area contributed by atoms with Gasteiger partial charge in [-0.3, -0.25) is 14.9 Å². The highest BCUT2D eigenvalue weighted by atomic mass is 32.2. The second kappa shape index (κ2) is 8.06. The van der Waals surface area contributed by atoms with E-state index in [9.17, 15) is 23.3 Å². The summed E-state index contributed by atoms with van der Waals surface area (Å²) in [6, 6.07) is 3.12. The van der Waals surface area contributed by atoms with E-state index in [2.05, 4.69) is 4.72 Å². The molecule has 1 unspecified atom stereocenters. The first-order valence-electron chi connectivity index (χ1n) is 7.13. The summed E-state index contributed by atoms with van der Waals surface area (Å²) in [4.78, 5) is 21.1. The molecule has 0 heterocycles. The lowest BCUT2D eigenvalue weighted by atomic mass is 9.98. The topological polar surface area (TPSA) is 136 Å². The van der Waals surface area contributed by atoms with E-state index in [0.717, 1.165) is 18.2 Å². The smallest absolute Gasteiger partial charge is 0.310 e. The molecule has 0 saturated carbocycles. The monoisotopic (exact) mass is 360 g/mol. The number of methoxy groups -OCH3 is 1. The average molecular weight is 360 g/mol. The minimum atomic E-state index is -4.02. The molecular weight excluding hydrogens is 340 g/mol. The third kappa shape index (κ3) is 5.17. The van der Waals surface area contributed by atoms with Crippen molar-refractivity contribution in [1.29, 1.82) is 0 Å². The largest absolute Gasteiger partial charge is 0.490 e. The van der Waals surface area contributed by atoms with E-state index in [4.69, 9.17) is 9.84 Å². The van der Waals surface area contributed by atoms with Crippen LogP contribution < -0.4 is 9.46 Å². The molecule has 24 heavy (non-hydrogen) atoms. The summed E-state index contributed by atoms with van der Waals surface area (Å²) in [6.07, 6.45) is 0.321. The highest BCUT2D eigenvalue weighted by Crippen LogP contribution is 2.29. The van der Waals surface area contributed by atoms with Crippen LogP contribution in [0.2, 0.25) is 0 Å². The van der Waals surface area contributed by atoms with Crippen LogP contribution in [0.15, 0.2) is 23.1 Å². The van der Waals surface area contributed by atoms with E-state index < -0.39 is 26.8 Å². The van der Waals surface area contributed by atoms with Crippen LogP contribution in [-0.4, -0.2) is 38.1 Å². The predicted molar refractivity (Wildman–Crippen MR) is 85.4 cm³/mol. The number of carboxylic acid groups (broad SMARTS) is 1. The first-order valence-corrected chi connectivity index (χ1v) is 8.61. The van der Waals surface area contributed by atoms with Gasteiger partial charge in [0.15, 0.2) is 5.75 Å². The number of benzene rings is 1. The Morgan fingerprint density at radius 3 is 2.50 bits per heavy atom. The Bertz CT molecular complexity index is 716. The number of hydrogen-bond donors (Lipinski definition) is 2. The SMILES string of the molecule is COc1cc(S(=O)(=O)NCC(CC(C)C)C(=O)O)ccc1[N+](=O)[O-]. The van der Waals surface area contributed by atoms with Crippen LogP contribution in [0.5, 0.6) is 5.75 Å². The minimum Gasteiger partial charge on any atom is -0.490 e. The number of ether oxygens (including phenoxy) is 1. The zero-order valence-corrected chi connectivity index (χ0v) is 14.4. The molecule has 9 nitrogen and oxygen atoms in total.